The van der Waals surface area contributed by atoms with E-state index in [-0.39, 0.29) is 11.8 Å². The van der Waals surface area contributed by atoms with E-state index in [4.69, 9.17) is 9.47 Å². The van der Waals surface area contributed by atoms with Crippen LogP contribution in [0.15, 0.2) is 40.9 Å². The van der Waals surface area contributed by atoms with Crippen LogP contribution in [0.2, 0.25) is 0 Å². The maximum Gasteiger partial charge on any atom is 0.255 e. The Morgan fingerprint density at radius 1 is 0.963 bits per heavy atom. The number of carbonyl (C=O) groups excluding carboxylic acids is 2. The number of hydrogen-bond donors (Lipinski definition) is 2. The van der Waals surface area contributed by atoms with Crippen molar-refractivity contribution in [2.45, 2.75) is 20.3 Å². The summed E-state index contributed by atoms with van der Waals surface area (Å²) >= 11 is 3.38. The molecule has 0 radical (unpaired) electrons. The summed E-state index contributed by atoms with van der Waals surface area (Å²) in [6.07, 6.45) is 0.464. The predicted octanol–water partition coefficient (Wildman–Crippen LogP) is 4.70. The molecule has 0 atom stereocenters. The highest BCUT2D eigenvalue weighted by Gasteiger charge is 2.15. The lowest BCUT2D eigenvalue weighted by Gasteiger charge is -2.12. The summed E-state index contributed by atoms with van der Waals surface area (Å²) in [5, 5.41) is 5.65. The Labute approximate surface area is 167 Å². The van der Waals surface area contributed by atoms with E-state index in [1.165, 1.54) is 14.2 Å². The van der Waals surface area contributed by atoms with Crippen molar-refractivity contribution in [1.82, 2.24) is 0 Å². The number of rotatable bonds is 7. The van der Waals surface area contributed by atoms with Gasteiger partial charge in [0, 0.05) is 23.4 Å². The Kier molecular flexibility index (Phi) is 7.24. The maximum atomic E-state index is 12.5. The van der Waals surface area contributed by atoms with Crippen LogP contribution in [-0.2, 0) is 4.79 Å². The van der Waals surface area contributed by atoms with Crippen LogP contribution in [-0.4, -0.2) is 26.0 Å². The third kappa shape index (κ3) is 5.72. The van der Waals surface area contributed by atoms with Crippen LogP contribution < -0.4 is 20.1 Å². The van der Waals surface area contributed by atoms with Crippen LogP contribution in [0.4, 0.5) is 11.4 Å². The molecule has 7 heteroatoms. The molecule has 2 amide bonds. The lowest BCUT2D eigenvalue weighted by atomic mass is 10.1. The quantitative estimate of drug-likeness (QED) is 0.661. The molecule has 2 rings (SSSR count). The Morgan fingerprint density at radius 2 is 1.44 bits per heavy atom. The Balaban J connectivity index is 2.09. The molecule has 0 spiro atoms. The van der Waals surface area contributed by atoms with E-state index in [9.17, 15) is 9.59 Å². The standard InChI is InChI=1S/C20H23BrN2O4/c1-12(2)9-18(24)22-14-5-7-15(8-6-14)23-20(25)13-10-16(26-3)19(21)17(11-13)27-4/h5-8,10-12H,9H2,1-4H3,(H,22,24)(H,23,25). The van der Waals surface area contributed by atoms with E-state index in [1.807, 2.05) is 13.8 Å². The molecule has 2 aromatic carbocycles. The number of benzene rings is 2. The Hall–Kier alpha value is -2.54. The van der Waals surface area contributed by atoms with E-state index in [0.29, 0.717) is 45.2 Å². The highest BCUT2D eigenvalue weighted by molar-refractivity contribution is 9.10. The minimum absolute atomic E-state index is 0.0316. The smallest absolute Gasteiger partial charge is 0.255 e. The van der Waals surface area contributed by atoms with Gasteiger partial charge in [-0.05, 0) is 58.2 Å². The normalized spacial score (nSPS) is 10.4. The van der Waals surface area contributed by atoms with Gasteiger partial charge in [-0.1, -0.05) is 13.8 Å². The lowest BCUT2D eigenvalue weighted by molar-refractivity contribution is -0.116. The van der Waals surface area contributed by atoms with Crippen molar-refractivity contribution >= 4 is 39.1 Å². The monoisotopic (exact) mass is 434 g/mol. The van der Waals surface area contributed by atoms with Crippen molar-refractivity contribution in [3.05, 3.63) is 46.4 Å². The van der Waals surface area contributed by atoms with Gasteiger partial charge in [-0.15, -0.1) is 0 Å². The zero-order valence-electron chi connectivity index (χ0n) is 15.8. The molecule has 0 fully saturated rings. The van der Waals surface area contributed by atoms with E-state index >= 15 is 0 Å². The molecule has 0 aliphatic carbocycles. The molecule has 0 aromatic heterocycles. The third-order valence-corrected chi connectivity index (χ3v) is 4.51. The number of ether oxygens (including phenoxy) is 2. The van der Waals surface area contributed by atoms with Crippen LogP contribution in [0.5, 0.6) is 11.5 Å². The molecule has 2 aromatic rings. The number of nitrogens with one attached hydrogen (secondary N) is 2. The molecule has 0 unspecified atom stereocenters. The summed E-state index contributed by atoms with van der Waals surface area (Å²) in [6.45, 7) is 3.98. The van der Waals surface area contributed by atoms with Crippen molar-refractivity contribution < 1.29 is 19.1 Å². The van der Waals surface area contributed by atoms with Crippen LogP contribution in [0.1, 0.15) is 30.6 Å². The summed E-state index contributed by atoms with van der Waals surface area (Å²) in [5.41, 5.74) is 1.70. The molecule has 2 N–H and O–H groups in total. The molecule has 0 saturated carbocycles. The molecule has 27 heavy (non-hydrogen) atoms. The van der Waals surface area contributed by atoms with Gasteiger partial charge in [-0.25, -0.2) is 0 Å². The lowest BCUT2D eigenvalue weighted by Crippen LogP contribution is -2.14. The summed E-state index contributed by atoms with van der Waals surface area (Å²) in [5.74, 6) is 0.973. The minimum Gasteiger partial charge on any atom is -0.495 e. The van der Waals surface area contributed by atoms with Gasteiger partial charge >= 0.3 is 0 Å². The van der Waals surface area contributed by atoms with Crippen LogP contribution >= 0.6 is 15.9 Å². The molecule has 0 aliphatic rings. The highest BCUT2D eigenvalue weighted by atomic mass is 79.9. The fourth-order valence-corrected chi connectivity index (χ4v) is 2.98. The zero-order chi connectivity index (χ0) is 20.0. The molecule has 0 saturated heterocycles. The zero-order valence-corrected chi connectivity index (χ0v) is 17.3. The van der Waals surface area contributed by atoms with Crippen LogP contribution in [0.3, 0.4) is 0 Å². The minimum atomic E-state index is -0.296. The number of carbonyl (C=O) groups is 2. The average molecular weight is 435 g/mol. The number of anilines is 2. The first kappa shape index (κ1) is 20.8. The number of halogens is 1. The van der Waals surface area contributed by atoms with Gasteiger partial charge in [0.2, 0.25) is 5.91 Å². The van der Waals surface area contributed by atoms with E-state index < -0.39 is 0 Å². The molecule has 144 valence electrons. The number of hydrogen-bond acceptors (Lipinski definition) is 4. The second kappa shape index (κ2) is 9.41. The van der Waals surface area contributed by atoms with Crippen molar-refractivity contribution in [2.24, 2.45) is 5.92 Å². The highest BCUT2D eigenvalue weighted by Crippen LogP contribution is 2.35. The Morgan fingerprint density at radius 3 is 1.89 bits per heavy atom. The molecular weight excluding hydrogens is 412 g/mol. The van der Waals surface area contributed by atoms with Gasteiger partial charge in [-0.3, -0.25) is 9.59 Å². The second-order valence-corrected chi connectivity index (χ2v) is 7.17. The van der Waals surface area contributed by atoms with Gasteiger partial charge in [0.1, 0.15) is 16.0 Å². The molecule has 0 aliphatic heterocycles. The summed E-state index contributed by atoms with van der Waals surface area (Å²) < 4.78 is 11.2. The predicted molar refractivity (Wildman–Crippen MR) is 110 cm³/mol. The van der Waals surface area contributed by atoms with Crippen molar-refractivity contribution in [3.63, 3.8) is 0 Å². The SMILES string of the molecule is COc1cc(C(=O)Nc2ccc(NC(=O)CC(C)C)cc2)cc(OC)c1Br. The number of methoxy groups -OCH3 is 2. The van der Waals surface area contributed by atoms with Gasteiger partial charge < -0.3 is 20.1 Å². The summed E-state index contributed by atoms with van der Waals surface area (Å²) in [6, 6.07) is 10.2. The van der Waals surface area contributed by atoms with E-state index in [0.717, 1.165) is 0 Å². The van der Waals surface area contributed by atoms with Crippen LogP contribution in [0.25, 0.3) is 0 Å². The molecule has 0 bridgehead atoms. The summed E-state index contributed by atoms with van der Waals surface area (Å²) in [7, 11) is 3.04. The number of amides is 2. The van der Waals surface area contributed by atoms with Gasteiger partial charge in [-0.2, -0.15) is 0 Å². The molecular formula is C20H23BrN2O4. The van der Waals surface area contributed by atoms with E-state index in [1.54, 1.807) is 36.4 Å². The molecule has 6 nitrogen and oxygen atoms in total. The third-order valence-electron chi connectivity index (χ3n) is 3.73. The van der Waals surface area contributed by atoms with Crippen molar-refractivity contribution in [2.75, 3.05) is 24.9 Å². The van der Waals surface area contributed by atoms with Crippen molar-refractivity contribution in [1.29, 1.82) is 0 Å². The first-order chi connectivity index (χ1) is 12.8. The summed E-state index contributed by atoms with van der Waals surface area (Å²) in [4.78, 5) is 24.3. The fourth-order valence-electron chi connectivity index (χ4n) is 2.42. The largest absolute Gasteiger partial charge is 0.495 e. The average Bonchev–Trinajstić information content (AvgIpc) is 2.62. The first-order valence-electron chi connectivity index (χ1n) is 8.46. The Bertz CT molecular complexity index is 794. The van der Waals surface area contributed by atoms with Gasteiger partial charge in [0.15, 0.2) is 0 Å². The van der Waals surface area contributed by atoms with E-state index in [2.05, 4.69) is 26.6 Å². The van der Waals surface area contributed by atoms with Gasteiger partial charge in [0.25, 0.3) is 5.91 Å². The topological polar surface area (TPSA) is 76.7 Å². The van der Waals surface area contributed by atoms with Crippen molar-refractivity contribution in [3.8, 4) is 11.5 Å². The van der Waals surface area contributed by atoms with Gasteiger partial charge in [0.05, 0.1) is 14.2 Å². The fraction of sp³-hybridized carbons (Fsp3) is 0.300. The second-order valence-electron chi connectivity index (χ2n) is 6.37. The first-order valence-corrected chi connectivity index (χ1v) is 9.26. The van der Waals surface area contributed by atoms with Crippen LogP contribution in [0, 0.1) is 5.92 Å². The maximum absolute atomic E-state index is 12.5. The molecule has 0 heterocycles.